The lowest BCUT2D eigenvalue weighted by atomic mass is 9.98. The van der Waals surface area contributed by atoms with Gasteiger partial charge in [0.1, 0.15) is 12.6 Å². The third-order valence-corrected chi connectivity index (χ3v) is 5.92. The van der Waals surface area contributed by atoms with Crippen molar-refractivity contribution >= 4 is 18.0 Å². The number of amides is 2. The summed E-state index contributed by atoms with van der Waals surface area (Å²) in [4.78, 5) is 36.2. The molecule has 0 saturated heterocycles. The molecule has 0 aliphatic heterocycles. The Bertz CT molecular complexity index is 977. The molecule has 1 unspecified atom stereocenters. The van der Waals surface area contributed by atoms with Gasteiger partial charge in [-0.15, -0.1) is 0 Å². The van der Waals surface area contributed by atoms with Crippen LogP contribution in [0.1, 0.15) is 56.6 Å². The molecular weight excluding hydrogens is 448 g/mol. The molecule has 188 valence electrons. The van der Waals surface area contributed by atoms with E-state index in [1.807, 2.05) is 50.2 Å². The number of carbonyl (C=O) groups is 3. The van der Waals surface area contributed by atoms with Gasteiger partial charge >= 0.3 is 12.1 Å². The molecule has 0 saturated carbocycles. The van der Waals surface area contributed by atoms with Crippen molar-refractivity contribution in [3.05, 3.63) is 59.7 Å². The van der Waals surface area contributed by atoms with Crippen molar-refractivity contribution < 1.29 is 29.0 Å². The molecule has 3 rings (SSSR count). The largest absolute Gasteiger partial charge is 0.481 e. The first-order valence-corrected chi connectivity index (χ1v) is 12.1. The van der Waals surface area contributed by atoms with Gasteiger partial charge in [-0.05, 0) is 55.4 Å². The summed E-state index contributed by atoms with van der Waals surface area (Å²) < 4.78 is 11.0. The zero-order valence-corrected chi connectivity index (χ0v) is 20.3. The first kappa shape index (κ1) is 26.2. The number of carboxylic acids is 1. The van der Waals surface area contributed by atoms with Crippen LogP contribution in [-0.2, 0) is 19.1 Å². The Kier molecular flexibility index (Phi) is 9.66. The van der Waals surface area contributed by atoms with Gasteiger partial charge in [0.15, 0.2) is 0 Å². The summed E-state index contributed by atoms with van der Waals surface area (Å²) in [6.07, 6.45) is 0.646. The molecule has 0 aromatic heterocycles. The van der Waals surface area contributed by atoms with Crippen LogP contribution < -0.4 is 10.6 Å². The second-order valence-electron chi connectivity index (χ2n) is 8.87. The van der Waals surface area contributed by atoms with Gasteiger partial charge in [0.25, 0.3) is 0 Å². The summed E-state index contributed by atoms with van der Waals surface area (Å²) in [5.41, 5.74) is 4.41. The van der Waals surface area contributed by atoms with E-state index in [1.54, 1.807) is 0 Å². The first-order chi connectivity index (χ1) is 16.9. The molecular formula is C27H34N2O6. The van der Waals surface area contributed by atoms with Crippen molar-refractivity contribution in [2.75, 3.05) is 19.8 Å². The van der Waals surface area contributed by atoms with Crippen LogP contribution in [0.3, 0.4) is 0 Å². The number of hydrogen-bond donors (Lipinski definition) is 3. The number of fused-ring (bicyclic) bond motifs is 3. The third-order valence-electron chi connectivity index (χ3n) is 5.92. The Hall–Kier alpha value is -3.39. The van der Waals surface area contributed by atoms with Crippen molar-refractivity contribution in [3.63, 3.8) is 0 Å². The highest BCUT2D eigenvalue weighted by molar-refractivity contribution is 5.86. The van der Waals surface area contributed by atoms with E-state index >= 15 is 0 Å². The number of unbranched alkanes of at least 4 members (excludes halogenated alkanes) is 1. The average molecular weight is 483 g/mol. The van der Waals surface area contributed by atoms with Gasteiger partial charge < -0.3 is 25.2 Å². The Labute approximate surface area is 206 Å². The summed E-state index contributed by atoms with van der Waals surface area (Å²) in [5.74, 6) is -1.57. The number of carboxylic acid groups (broad SMARTS) is 1. The normalized spacial score (nSPS) is 13.1. The number of aliphatic carboxylic acids is 1. The molecule has 8 nitrogen and oxygen atoms in total. The van der Waals surface area contributed by atoms with Gasteiger partial charge in [-0.3, -0.25) is 9.59 Å². The van der Waals surface area contributed by atoms with Crippen LogP contribution in [0.2, 0.25) is 0 Å². The van der Waals surface area contributed by atoms with Gasteiger partial charge in [0.05, 0.1) is 6.10 Å². The van der Waals surface area contributed by atoms with Gasteiger partial charge in [0, 0.05) is 25.5 Å². The Balaban J connectivity index is 1.54. The number of nitrogens with one attached hydrogen (secondary N) is 2. The van der Waals surface area contributed by atoms with Crippen LogP contribution >= 0.6 is 0 Å². The highest BCUT2D eigenvalue weighted by Crippen LogP contribution is 2.44. The van der Waals surface area contributed by atoms with E-state index in [0.29, 0.717) is 13.2 Å². The fourth-order valence-corrected chi connectivity index (χ4v) is 4.20. The molecule has 0 spiro atoms. The minimum absolute atomic E-state index is 0.0260. The van der Waals surface area contributed by atoms with Crippen molar-refractivity contribution in [2.24, 2.45) is 0 Å². The molecule has 2 amide bonds. The van der Waals surface area contributed by atoms with Gasteiger partial charge in [0.2, 0.25) is 5.91 Å². The smallest absolute Gasteiger partial charge is 0.407 e. The minimum Gasteiger partial charge on any atom is -0.481 e. The lowest BCUT2D eigenvalue weighted by molar-refractivity contribution is -0.137. The SMILES string of the molecule is CC(C)OCCCCNC(=O)C(CCC(=O)O)NC(=O)OCC1c2ccccc2-c2ccccc21. The Morgan fingerprint density at radius 1 is 0.971 bits per heavy atom. The Morgan fingerprint density at radius 3 is 2.20 bits per heavy atom. The van der Waals surface area contributed by atoms with E-state index in [1.165, 1.54) is 0 Å². The first-order valence-electron chi connectivity index (χ1n) is 12.1. The zero-order chi connectivity index (χ0) is 25.2. The lowest BCUT2D eigenvalue weighted by Crippen LogP contribution is -2.47. The van der Waals surface area contributed by atoms with Gasteiger partial charge in [-0.2, -0.15) is 0 Å². The molecule has 35 heavy (non-hydrogen) atoms. The van der Waals surface area contributed by atoms with E-state index < -0.39 is 24.0 Å². The molecule has 1 aliphatic carbocycles. The number of benzene rings is 2. The van der Waals surface area contributed by atoms with Crippen LogP contribution in [-0.4, -0.2) is 55.0 Å². The maximum absolute atomic E-state index is 12.6. The van der Waals surface area contributed by atoms with E-state index in [9.17, 15) is 14.4 Å². The molecule has 0 bridgehead atoms. The van der Waals surface area contributed by atoms with Crippen molar-refractivity contribution in [1.29, 1.82) is 0 Å². The number of ether oxygens (including phenoxy) is 2. The predicted octanol–water partition coefficient (Wildman–Crippen LogP) is 4.08. The van der Waals surface area contributed by atoms with Crippen molar-refractivity contribution in [1.82, 2.24) is 10.6 Å². The van der Waals surface area contributed by atoms with E-state index in [0.717, 1.165) is 35.1 Å². The minimum atomic E-state index is -1.04. The topological polar surface area (TPSA) is 114 Å². The van der Waals surface area contributed by atoms with Crippen LogP contribution in [0.4, 0.5) is 4.79 Å². The molecule has 0 radical (unpaired) electrons. The van der Waals surface area contributed by atoms with Crippen LogP contribution in [0, 0.1) is 0 Å². The van der Waals surface area contributed by atoms with E-state index in [-0.39, 0.29) is 31.5 Å². The zero-order valence-electron chi connectivity index (χ0n) is 20.3. The fourth-order valence-electron chi connectivity index (χ4n) is 4.20. The quantitative estimate of drug-likeness (QED) is 0.371. The highest BCUT2D eigenvalue weighted by Gasteiger charge is 2.29. The molecule has 0 heterocycles. The summed E-state index contributed by atoms with van der Waals surface area (Å²) in [5, 5.41) is 14.4. The molecule has 3 N–H and O–H groups in total. The molecule has 0 fully saturated rings. The predicted molar refractivity (Wildman–Crippen MR) is 132 cm³/mol. The molecule has 1 atom stereocenters. The standard InChI is InChI=1S/C27H34N2O6/c1-18(2)34-16-8-7-15-28-26(32)24(13-14-25(30)31)29-27(33)35-17-23-21-11-5-3-9-19(21)20-10-4-6-12-22(20)23/h3-6,9-12,18,23-24H,7-8,13-17H2,1-2H3,(H,28,32)(H,29,33)(H,30,31). The molecule has 8 heteroatoms. The van der Waals surface area contributed by atoms with Gasteiger partial charge in [-0.1, -0.05) is 48.5 Å². The average Bonchev–Trinajstić information content (AvgIpc) is 3.16. The lowest BCUT2D eigenvalue weighted by Gasteiger charge is -2.19. The monoisotopic (exact) mass is 482 g/mol. The summed E-state index contributed by atoms with van der Waals surface area (Å²) in [7, 11) is 0. The number of rotatable bonds is 13. The highest BCUT2D eigenvalue weighted by atomic mass is 16.5. The summed E-state index contributed by atoms with van der Waals surface area (Å²) >= 11 is 0. The van der Waals surface area contributed by atoms with Crippen LogP contribution in [0.15, 0.2) is 48.5 Å². The van der Waals surface area contributed by atoms with E-state index in [4.69, 9.17) is 14.6 Å². The van der Waals surface area contributed by atoms with Crippen molar-refractivity contribution in [2.45, 2.75) is 57.6 Å². The number of carbonyl (C=O) groups excluding carboxylic acids is 2. The maximum Gasteiger partial charge on any atom is 0.407 e. The van der Waals surface area contributed by atoms with Crippen molar-refractivity contribution in [3.8, 4) is 11.1 Å². The molecule has 2 aromatic carbocycles. The molecule has 2 aromatic rings. The number of alkyl carbamates (subject to hydrolysis) is 1. The second kappa shape index (κ2) is 12.9. The second-order valence-corrected chi connectivity index (χ2v) is 8.87. The Morgan fingerprint density at radius 2 is 1.60 bits per heavy atom. The van der Waals surface area contributed by atoms with Gasteiger partial charge in [-0.25, -0.2) is 4.79 Å². The summed E-state index contributed by atoms with van der Waals surface area (Å²) in [6.45, 7) is 5.06. The maximum atomic E-state index is 12.6. The van der Waals surface area contributed by atoms with Crippen LogP contribution in [0.5, 0.6) is 0 Å². The van der Waals surface area contributed by atoms with Crippen LogP contribution in [0.25, 0.3) is 11.1 Å². The summed E-state index contributed by atoms with van der Waals surface area (Å²) in [6, 6.07) is 15.0. The molecule has 1 aliphatic rings. The third kappa shape index (κ3) is 7.55. The fraction of sp³-hybridized carbons (Fsp3) is 0.444. The van der Waals surface area contributed by atoms with E-state index in [2.05, 4.69) is 22.8 Å². The number of hydrogen-bond acceptors (Lipinski definition) is 5.